The minimum atomic E-state index is 0.204. The Kier molecular flexibility index (Phi) is 4.51. The van der Waals surface area contributed by atoms with Crippen molar-refractivity contribution in [3.63, 3.8) is 0 Å². The lowest BCUT2D eigenvalue weighted by atomic mass is 10.1. The van der Waals surface area contributed by atoms with Crippen LogP contribution in [0.3, 0.4) is 0 Å². The van der Waals surface area contributed by atoms with Crippen LogP contribution in [-0.4, -0.2) is 49.8 Å². The topological polar surface area (TPSA) is 63.9 Å². The van der Waals surface area contributed by atoms with Crippen molar-refractivity contribution in [2.45, 2.75) is 32.2 Å². The highest BCUT2D eigenvalue weighted by molar-refractivity contribution is 5.86. The molecule has 0 radical (unpaired) electrons. The van der Waals surface area contributed by atoms with Crippen LogP contribution in [0.2, 0.25) is 0 Å². The van der Waals surface area contributed by atoms with Gasteiger partial charge in [-0.2, -0.15) is 15.3 Å². The van der Waals surface area contributed by atoms with Gasteiger partial charge in [0, 0.05) is 30.2 Å². The number of nitrogens with zero attached hydrogens (tertiary/aromatic N) is 5. The summed E-state index contributed by atoms with van der Waals surface area (Å²) in [6.45, 7) is 3.72. The molecule has 26 heavy (non-hydrogen) atoms. The normalized spacial score (nSPS) is 17.8. The molecule has 6 heteroatoms. The number of hydrogen-bond donors (Lipinski definition) is 0. The second-order valence-corrected chi connectivity index (χ2v) is 7.19. The standard InChI is InChI=1S/C20H23N5O/c1-14-4-3-7-25(14)13-19(26)10-18-9-16-8-15(5-6-20(16)23-22-18)17-11-21-24(2)12-17/h5-6,8-9,11-12,14H,3-4,7,10,13H2,1-2H3/t14-/m1/s1. The van der Waals surface area contributed by atoms with E-state index in [-0.39, 0.29) is 5.78 Å². The van der Waals surface area contributed by atoms with E-state index < -0.39 is 0 Å². The molecule has 1 aromatic carbocycles. The molecule has 1 fully saturated rings. The second-order valence-electron chi connectivity index (χ2n) is 7.19. The van der Waals surface area contributed by atoms with Gasteiger partial charge in [-0.15, -0.1) is 0 Å². The number of aromatic nitrogens is 4. The van der Waals surface area contributed by atoms with E-state index in [9.17, 15) is 4.79 Å². The zero-order chi connectivity index (χ0) is 18.1. The summed E-state index contributed by atoms with van der Waals surface area (Å²) in [6, 6.07) is 8.55. The molecule has 4 rings (SSSR count). The Balaban J connectivity index is 1.53. The Morgan fingerprint density at radius 3 is 2.85 bits per heavy atom. The number of ketones is 1. The molecule has 0 spiro atoms. The molecule has 1 aliphatic rings. The number of carbonyl (C=O) groups is 1. The van der Waals surface area contributed by atoms with Crippen molar-refractivity contribution in [1.82, 2.24) is 24.9 Å². The second kappa shape index (κ2) is 6.96. The first kappa shape index (κ1) is 16.8. The first-order valence-electron chi connectivity index (χ1n) is 9.09. The summed E-state index contributed by atoms with van der Waals surface area (Å²) >= 11 is 0. The van der Waals surface area contributed by atoms with E-state index in [1.807, 2.05) is 37.6 Å². The van der Waals surface area contributed by atoms with Crippen molar-refractivity contribution in [3.8, 4) is 11.1 Å². The fourth-order valence-corrected chi connectivity index (χ4v) is 3.64. The van der Waals surface area contributed by atoms with E-state index in [4.69, 9.17) is 0 Å². The van der Waals surface area contributed by atoms with Crippen LogP contribution in [0.4, 0.5) is 0 Å². The number of benzene rings is 1. The van der Waals surface area contributed by atoms with E-state index >= 15 is 0 Å². The van der Waals surface area contributed by atoms with E-state index in [0.717, 1.165) is 34.3 Å². The Bertz CT molecular complexity index is 948. The Hall–Kier alpha value is -2.60. The minimum Gasteiger partial charge on any atom is -0.298 e. The van der Waals surface area contributed by atoms with Gasteiger partial charge in [-0.1, -0.05) is 6.07 Å². The number of carbonyl (C=O) groups excluding carboxylic acids is 1. The van der Waals surface area contributed by atoms with Crippen LogP contribution in [0, 0.1) is 0 Å². The van der Waals surface area contributed by atoms with E-state index in [0.29, 0.717) is 19.0 Å². The van der Waals surface area contributed by atoms with Crippen LogP contribution in [0.25, 0.3) is 22.0 Å². The molecule has 2 aromatic heterocycles. The van der Waals surface area contributed by atoms with Gasteiger partial charge in [-0.05, 0) is 50.1 Å². The first-order chi connectivity index (χ1) is 12.6. The van der Waals surface area contributed by atoms with E-state index in [2.05, 4.69) is 33.2 Å². The molecule has 0 unspecified atom stereocenters. The van der Waals surface area contributed by atoms with Crippen molar-refractivity contribution in [1.29, 1.82) is 0 Å². The van der Waals surface area contributed by atoms with Gasteiger partial charge in [0.2, 0.25) is 0 Å². The zero-order valence-corrected chi connectivity index (χ0v) is 15.2. The smallest absolute Gasteiger partial charge is 0.152 e. The summed E-state index contributed by atoms with van der Waals surface area (Å²) in [5.41, 5.74) is 3.72. The van der Waals surface area contributed by atoms with E-state index in [1.54, 1.807) is 4.68 Å². The maximum absolute atomic E-state index is 12.4. The molecular formula is C20H23N5O. The van der Waals surface area contributed by atoms with Crippen molar-refractivity contribution in [2.75, 3.05) is 13.1 Å². The predicted molar refractivity (Wildman–Crippen MR) is 101 cm³/mol. The molecular weight excluding hydrogens is 326 g/mol. The SMILES string of the molecule is C[C@@H]1CCCN1CC(=O)Cc1cc2cc(-c3cnn(C)c3)ccc2nn1. The monoisotopic (exact) mass is 349 g/mol. The van der Waals surface area contributed by atoms with Crippen LogP contribution in [0.5, 0.6) is 0 Å². The summed E-state index contributed by atoms with van der Waals surface area (Å²) in [4.78, 5) is 14.7. The molecule has 0 bridgehead atoms. The van der Waals surface area contributed by atoms with Crippen LogP contribution < -0.4 is 0 Å². The molecule has 0 amide bonds. The van der Waals surface area contributed by atoms with Gasteiger partial charge in [0.25, 0.3) is 0 Å². The quantitative estimate of drug-likeness (QED) is 0.708. The highest BCUT2D eigenvalue weighted by atomic mass is 16.1. The zero-order valence-electron chi connectivity index (χ0n) is 15.2. The lowest BCUT2D eigenvalue weighted by Crippen LogP contribution is -2.33. The van der Waals surface area contributed by atoms with Crippen LogP contribution in [0.1, 0.15) is 25.5 Å². The van der Waals surface area contributed by atoms with Gasteiger partial charge in [-0.25, -0.2) is 0 Å². The highest BCUT2D eigenvalue weighted by Crippen LogP contribution is 2.23. The van der Waals surface area contributed by atoms with Gasteiger partial charge >= 0.3 is 0 Å². The molecule has 134 valence electrons. The number of aryl methyl sites for hydroxylation is 1. The lowest BCUT2D eigenvalue weighted by molar-refractivity contribution is -0.119. The Labute approximate surface area is 152 Å². The number of Topliss-reactive ketones (excluding diaryl/α,β-unsaturated/α-hetero) is 1. The lowest BCUT2D eigenvalue weighted by Gasteiger charge is -2.19. The molecule has 3 heterocycles. The fraction of sp³-hybridized carbons (Fsp3) is 0.400. The third-order valence-corrected chi connectivity index (χ3v) is 5.12. The molecule has 1 aliphatic heterocycles. The highest BCUT2D eigenvalue weighted by Gasteiger charge is 2.22. The minimum absolute atomic E-state index is 0.204. The van der Waals surface area contributed by atoms with Crippen molar-refractivity contribution >= 4 is 16.7 Å². The predicted octanol–water partition coefficient (Wildman–Crippen LogP) is 2.63. The summed E-state index contributed by atoms with van der Waals surface area (Å²) in [5, 5.41) is 13.7. The van der Waals surface area contributed by atoms with Gasteiger partial charge in [0.15, 0.2) is 5.78 Å². The average Bonchev–Trinajstić information content (AvgIpc) is 3.23. The van der Waals surface area contributed by atoms with Crippen molar-refractivity contribution in [2.24, 2.45) is 7.05 Å². The first-order valence-corrected chi connectivity index (χ1v) is 9.09. The largest absolute Gasteiger partial charge is 0.298 e. The molecule has 0 aliphatic carbocycles. The molecule has 3 aromatic rings. The maximum Gasteiger partial charge on any atom is 0.152 e. The molecule has 0 N–H and O–H groups in total. The molecule has 1 atom stereocenters. The van der Waals surface area contributed by atoms with Crippen LogP contribution >= 0.6 is 0 Å². The Morgan fingerprint density at radius 2 is 2.12 bits per heavy atom. The molecule has 0 saturated carbocycles. The van der Waals surface area contributed by atoms with Gasteiger partial charge in [-0.3, -0.25) is 14.4 Å². The summed E-state index contributed by atoms with van der Waals surface area (Å²) < 4.78 is 1.79. The average molecular weight is 349 g/mol. The van der Waals surface area contributed by atoms with Crippen molar-refractivity contribution < 1.29 is 4.79 Å². The summed E-state index contributed by atoms with van der Waals surface area (Å²) in [6.07, 6.45) is 6.53. The Morgan fingerprint density at radius 1 is 1.23 bits per heavy atom. The van der Waals surface area contributed by atoms with Crippen molar-refractivity contribution in [3.05, 3.63) is 42.4 Å². The third-order valence-electron chi connectivity index (χ3n) is 5.12. The third kappa shape index (κ3) is 3.51. The van der Waals surface area contributed by atoms with E-state index in [1.165, 1.54) is 12.8 Å². The number of fused-ring (bicyclic) bond motifs is 1. The van der Waals surface area contributed by atoms with Crippen LogP contribution in [-0.2, 0) is 18.3 Å². The summed E-state index contributed by atoms with van der Waals surface area (Å²) in [7, 11) is 1.90. The summed E-state index contributed by atoms with van der Waals surface area (Å²) in [5.74, 6) is 0.204. The van der Waals surface area contributed by atoms with Gasteiger partial charge in [0.1, 0.15) is 0 Å². The fourth-order valence-electron chi connectivity index (χ4n) is 3.64. The molecule has 6 nitrogen and oxygen atoms in total. The number of hydrogen-bond acceptors (Lipinski definition) is 5. The number of rotatable bonds is 5. The number of likely N-dealkylation sites (tertiary alicyclic amines) is 1. The van der Waals surface area contributed by atoms with Gasteiger partial charge < -0.3 is 0 Å². The molecule has 1 saturated heterocycles. The maximum atomic E-state index is 12.4. The van der Waals surface area contributed by atoms with Gasteiger partial charge in [0.05, 0.1) is 30.4 Å². The van der Waals surface area contributed by atoms with Crippen LogP contribution in [0.15, 0.2) is 36.7 Å².